The lowest BCUT2D eigenvalue weighted by Gasteiger charge is -2.08. The monoisotopic (exact) mass is 316 g/mol. The van der Waals surface area contributed by atoms with Crippen molar-refractivity contribution in [1.82, 2.24) is 5.16 Å². The second-order valence-electron chi connectivity index (χ2n) is 5.39. The van der Waals surface area contributed by atoms with Gasteiger partial charge in [0.05, 0.1) is 6.20 Å². The molecule has 1 aromatic carbocycles. The van der Waals surface area contributed by atoms with Crippen LogP contribution in [-0.2, 0) is 4.79 Å². The van der Waals surface area contributed by atoms with E-state index in [2.05, 4.69) is 15.8 Å². The van der Waals surface area contributed by atoms with Crippen LogP contribution in [0.3, 0.4) is 0 Å². The van der Waals surface area contributed by atoms with Crippen LogP contribution in [0.4, 0.5) is 11.4 Å². The predicted octanol–water partition coefficient (Wildman–Crippen LogP) is 2.30. The average molecular weight is 316 g/mol. The molecule has 0 spiro atoms. The van der Waals surface area contributed by atoms with Gasteiger partial charge in [0.25, 0.3) is 5.91 Å². The number of aromatic nitrogens is 1. The molecule has 1 atom stereocenters. The first-order chi connectivity index (χ1) is 11.0. The zero-order chi connectivity index (χ0) is 16.8. The van der Waals surface area contributed by atoms with Crippen molar-refractivity contribution in [3.8, 4) is 0 Å². The van der Waals surface area contributed by atoms with Crippen molar-refractivity contribution in [3.63, 3.8) is 0 Å². The van der Waals surface area contributed by atoms with Gasteiger partial charge in [-0.25, -0.2) is 0 Å². The Bertz CT molecular complexity index is 677. The van der Waals surface area contributed by atoms with Crippen LogP contribution in [0, 0.1) is 6.92 Å². The number of carbonyl (C=O) groups excluding carboxylic acids is 2. The van der Waals surface area contributed by atoms with Gasteiger partial charge in [-0.05, 0) is 44.5 Å². The molecular weight excluding hydrogens is 296 g/mol. The Morgan fingerprint density at radius 3 is 2.35 bits per heavy atom. The quantitative estimate of drug-likeness (QED) is 0.757. The largest absolute Gasteiger partial charge is 0.361 e. The molecular formula is C16H20N4O3. The Morgan fingerprint density at radius 2 is 1.83 bits per heavy atom. The maximum absolute atomic E-state index is 12.0. The number of hydrogen-bond donors (Lipinski definition) is 3. The molecule has 2 rings (SSSR count). The maximum Gasteiger partial charge on any atom is 0.260 e. The summed E-state index contributed by atoms with van der Waals surface area (Å²) in [6, 6.07) is 6.86. The Balaban J connectivity index is 1.91. The van der Waals surface area contributed by atoms with Crippen molar-refractivity contribution < 1.29 is 14.1 Å². The van der Waals surface area contributed by atoms with E-state index in [1.807, 2.05) is 6.92 Å². The molecule has 0 fully saturated rings. The van der Waals surface area contributed by atoms with Gasteiger partial charge in [0.15, 0.2) is 0 Å². The minimum Gasteiger partial charge on any atom is -0.361 e. The number of hydrogen-bond acceptors (Lipinski definition) is 5. The van der Waals surface area contributed by atoms with E-state index in [1.54, 1.807) is 31.2 Å². The van der Waals surface area contributed by atoms with E-state index in [-0.39, 0.29) is 17.9 Å². The van der Waals surface area contributed by atoms with Crippen molar-refractivity contribution in [3.05, 3.63) is 41.8 Å². The molecule has 7 nitrogen and oxygen atoms in total. The molecule has 1 heterocycles. The second-order valence-corrected chi connectivity index (χ2v) is 5.39. The van der Waals surface area contributed by atoms with E-state index in [4.69, 9.17) is 10.3 Å². The van der Waals surface area contributed by atoms with E-state index in [1.165, 1.54) is 6.20 Å². The highest BCUT2D eigenvalue weighted by Gasteiger charge is 2.13. The number of nitrogens with zero attached hydrogens (tertiary/aromatic N) is 1. The Kier molecular flexibility index (Phi) is 5.48. The van der Waals surface area contributed by atoms with Crippen molar-refractivity contribution in [2.24, 2.45) is 5.73 Å². The molecule has 1 unspecified atom stereocenters. The second kappa shape index (κ2) is 7.55. The van der Waals surface area contributed by atoms with Gasteiger partial charge in [-0.15, -0.1) is 0 Å². The van der Waals surface area contributed by atoms with Gasteiger partial charge in [-0.2, -0.15) is 0 Å². The zero-order valence-corrected chi connectivity index (χ0v) is 13.1. The summed E-state index contributed by atoms with van der Waals surface area (Å²) in [6.45, 7) is 3.53. The summed E-state index contributed by atoms with van der Waals surface area (Å²) in [4.78, 5) is 23.7. The summed E-state index contributed by atoms with van der Waals surface area (Å²) in [5, 5.41) is 9.09. The van der Waals surface area contributed by atoms with Gasteiger partial charge in [0, 0.05) is 23.8 Å². The highest BCUT2D eigenvalue weighted by molar-refractivity contribution is 6.04. The van der Waals surface area contributed by atoms with Crippen LogP contribution >= 0.6 is 0 Å². The Hall–Kier alpha value is -2.67. The van der Waals surface area contributed by atoms with Gasteiger partial charge >= 0.3 is 0 Å². The van der Waals surface area contributed by atoms with Crippen LogP contribution in [0.2, 0.25) is 0 Å². The molecule has 0 bridgehead atoms. The van der Waals surface area contributed by atoms with Crippen molar-refractivity contribution in [2.45, 2.75) is 32.7 Å². The van der Waals surface area contributed by atoms with Crippen LogP contribution in [0.15, 0.2) is 35.0 Å². The molecule has 2 aromatic rings. The van der Waals surface area contributed by atoms with E-state index >= 15 is 0 Å². The standard InChI is InChI=1S/C16H20N4O3/c1-10(17)3-8-15(21)19-12-4-6-13(7-5-12)20-16(22)14-9-18-23-11(14)2/h4-7,9-10H,3,8,17H2,1-2H3,(H,19,21)(H,20,22). The summed E-state index contributed by atoms with van der Waals surface area (Å²) in [5.74, 6) is 0.0807. The highest BCUT2D eigenvalue weighted by atomic mass is 16.5. The Morgan fingerprint density at radius 1 is 1.22 bits per heavy atom. The summed E-state index contributed by atoms with van der Waals surface area (Å²) < 4.78 is 4.86. The molecule has 4 N–H and O–H groups in total. The van der Waals surface area contributed by atoms with E-state index in [9.17, 15) is 9.59 Å². The topological polar surface area (TPSA) is 110 Å². The van der Waals surface area contributed by atoms with Gasteiger partial charge in [-0.1, -0.05) is 5.16 Å². The third-order valence-electron chi connectivity index (χ3n) is 3.25. The third-order valence-corrected chi connectivity index (χ3v) is 3.25. The first-order valence-corrected chi connectivity index (χ1v) is 7.34. The van der Waals surface area contributed by atoms with Gasteiger partial charge < -0.3 is 20.9 Å². The summed E-state index contributed by atoms with van der Waals surface area (Å²) in [6.07, 6.45) is 2.39. The van der Waals surface area contributed by atoms with Crippen molar-refractivity contribution in [2.75, 3.05) is 10.6 Å². The normalized spacial score (nSPS) is 11.8. The van der Waals surface area contributed by atoms with Crippen LogP contribution in [0.25, 0.3) is 0 Å². The summed E-state index contributed by atoms with van der Waals surface area (Å²) in [7, 11) is 0. The fourth-order valence-corrected chi connectivity index (χ4v) is 1.93. The molecule has 0 saturated heterocycles. The van der Waals surface area contributed by atoms with Crippen LogP contribution < -0.4 is 16.4 Å². The van der Waals surface area contributed by atoms with Crippen LogP contribution in [0.5, 0.6) is 0 Å². The lowest BCUT2D eigenvalue weighted by atomic mass is 10.2. The highest BCUT2D eigenvalue weighted by Crippen LogP contribution is 2.16. The average Bonchev–Trinajstić information content (AvgIpc) is 2.93. The first kappa shape index (κ1) is 16.7. The molecule has 1 aromatic heterocycles. The summed E-state index contributed by atoms with van der Waals surface area (Å²) in [5.41, 5.74) is 7.29. The smallest absolute Gasteiger partial charge is 0.260 e. The first-order valence-electron chi connectivity index (χ1n) is 7.34. The Labute approximate surface area is 134 Å². The minimum atomic E-state index is -0.294. The van der Waals surface area contributed by atoms with Gasteiger partial charge in [-0.3, -0.25) is 9.59 Å². The lowest BCUT2D eigenvalue weighted by molar-refractivity contribution is -0.116. The van der Waals surface area contributed by atoms with E-state index in [0.717, 1.165) is 0 Å². The molecule has 122 valence electrons. The molecule has 0 aliphatic rings. The minimum absolute atomic E-state index is 0.000735. The predicted molar refractivity (Wildman–Crippen MR) is 87.1 cm³/mol. The molecule has 23 heavy (non-hydrogen) atoms. The molecule has 0 saturated carbocycles. The molecule has 0 aliphatic carbocycles. The number of nitrogens with one attached hydrogen (secondary N) is 2. The number of anilines is 2. The number of rotatable bonds is 6. The fraction of sp³-hybridized carbons (Fsp3) is 0.312. The number of amides is 2. The number of aryl methyl sites for hydroxylation is 1. The molecule has 0 aliphatic heterocycles. The molecule has 2 amide bonds. The number of nitrogens with two attached hydrogens (primary N) is 1. The molecule has 7 heteroatoms. The SMILES string of the molecule is Cc1oncc1C(=O)Nc1ccc(NC(=O)CCC(C)N)cc1. The van der Waals surface area contributed by atoms with E-state index in [0.29, 0.717) is 35.5 Å². The third kappa shape index (κ3) is 4.93. The van der Waals surface area contributed by atoms with Crippen molar-refractivity contribution >= 4 is 23.2 Å². The maximum atomic E-state index is 12.0. The van der Waals surface area contributed by atoms with Gasteiger partial charge in [0.2, 0.25) is 5.91 Å². The fourth-order valence-electron chi connectivity index (χ4n) is 1.93. The van der Waals surface area contributed by atoms with Crippen molar-refractivity contribution in [1.29, 1.82) is 0 Å². The lowest BCUT2D eigenvalue weighted by Crippen LogP contribution is -2.19. The van der Waals surface area contributed by atoms with Crippen LogP contribution in [-0.4, -0.2) is 23.0 Å². The van der Waals surface area contributed by atoms with Crippen LogP contribution in [0.1, 0.15) is 35.9 Å². The number of benzene rings is 1. The summed E-state index contributed by atoms with van der Waals surface area (Å²) >= 11 is 0. The van der Waals surface area contributed by atoms with E-state index < -0.39 is 0 Å². The zero-order valence-electron chi connectivity index (χ0n) is 13.1. The number of carbonyl (C=O) groups is 2. The van der Waals surface area contributed by atoms with Gasteiger partial charge in [0.1, 0.15) is 11.3 Å². The molecule has 0 radical (unpaired) electrons.